The van der Waals surface area contributed by atoms with Crippen molar-refractivity contribution in [1.82, 2.24) is 10.3 Å². The van der Waals surface area contributed by atoms with Crippen molar-refractivity contribution in [2.24, 2.45) is 10.9 Å². The molecule has 0 atom stereocenters. The molecule has 0 aliphatic carbocycles. The number of rotatable bonds is 6. The Morgan fingerprint density at radius 2 is 2.12 bits per heavy atom. The van der Waals surface area contributed by atoms with Crippen LogP contribution in [0.15, 0.2) is 29.7 Å². The van der Waals surface area contributed by atoms with E-state index in [1.807, 2.05) is 0 Å². The number of unbranched alkanes of at least 4 members (excludes halogenated alkanes) is 1. The molecule has 0 aliphatic rings. The SMILES string of the molecule is NC(CCCCNC(=O)c1ccncc1)=NO. The van der Waals surface area contributed by atoms with Gasteiger partial charge in [-0.05, 0) is 25.0 Å². The lowest BCUT2D eigenvalue weighted by molar-refractivity contribution is 0.0953. The maximum Gasteiger partial charge on any atom is 0.251 e. The summed E-state index contributed by atoms with van der Waals surface area (Å²) in [6.07, 6.45) is 5.24. The lowest BCUT2D eigenvalue weighted by Crippen LogP contribution is -2.24. The number of amidine groups is 1. The van der Waals surface area contributed by atoms with Gasteiger partial charge in [0.25, 0.3) is 5.91 Å². The van der Waals surface area contributed by atoms with Gasteiger partial charge in [-0.2, -0.15) is 0 Å². The topological polar surface area (TPSA) is 101 Å². The number of nitrogens with two attached hydrogens (primary N) is 1. The Hall–Kier alpha value is -2.11. The highest BCUT2D eigenvalue weighted by Crippen LogP contribution is 1.97. The molecular formula is C11H16N4O2. The Balaban J connectivity index is 2.17. The minimum Gasteiger partial charge on any atom is -0.409 e. The van der Waals surface area contributed by atoms with Crippen LogP contribution in [0.1, 0.15) is 29.6 Å². The molecule has 1 aromatic heterocycles. The molecule has 0 radical (unpaired) electrons. The number of carbonyl (C=O) groups excluding carboxylic acids is 1. The summed E-state index contributed by atoms with van der Waals surface area (Å²) in [5.41, 5.74) is 5.91. The molecule has 4 N–H and O–H groups in total. The van der Waals surface area contributed by atoms with Gasteiger partial charge in [-0.1, -0.05) is 5.16 Å². The zero-order chi connectivity index (χ0) is 12.5. The smallest absolute Gasteiger partial charge is 0.251 e. The van der Waals surface area contributed by atoms with Crippen molar-refractivity contribution in [2.45, 2.75) is 19.3 Å². The van der Waals surface area contributed by atoms with Gasteiger partial charge in [-0.25, -0.2) is 0 Å². The minimum absolute atomic E-state index is 0.115. The molecule has 0 aromatic carbocycles. The summed E-state index contributed by atoms with van der Waals surface area (Å²) in [6.45, 7) is 0.569. The second-order valence-corrected chi connectivity index (χ2v) is 3.54. The summed E-state index contributed by atoms with van der Waals surface area (Å²) in [5, 5.41) is 14.0. The first kappa shape index (κ1) is 13.0. The second kappa shape index (κ2) is 7.21. The third kappa shape index (κ3) is 4.96. The molecule has 6 heteroatoms. The van der Waals surface area contributed by atoms with E-state index in [4.69, 9.17) is 10.9 Å². The number of hydrogen-bond donors (Lipinski definition) is 3. The fourth-order valence-electron chi connectivity index (χ4n) is 1.29. The average molecular weight is 236 g/mol. The van der Waals surface area contributed by atoms with Crippen molar-refractivity contribution >= 4 is 11.7 Å². The van der Waals surface area contributed by atoms with Crippen LogP contribution in [0.3, 0.4) is 0 Å². The van der Waals surface area contributed by atoms with Crippen LogP contribution < -0.4 is 11.1 Å². The van der Waals surface area contributed by atoms with Gasteiger partial charge in [0.15, 0.2) is 0 Å². The minimum atomic E-state index is -0.115. The van der Waals surface area contributed by atoms with Crippen LogP contribution in [-0.2, 0) is 0 Å². The van der Waals surface area contributed by atoms with Gasteiger partial charge in [0.1, 0.15) is 5.84 Å². The summed E-state index contributed by atoms with van der Waals surface area (Å²) in [5.74, 6) is 0.0988. The van der Waals surface area contributed by atoms with Crippen LogP contribution in [0.4, 0.5) is 0 Å². The van der Waals surface area contributed by atoms with Gasteiger partial charge in [0, 0.05) is 30.9 Å². The van der Waals surface area contributed by atoms with E-state index in [1.165, 1.54) is 0 Å². The maximum absolute atomic E-state index is 11.6. The quantitative estimate of drug-likeness (QED) is 0.223. The molecule has 92 valence electrons. The largest absolute Gasteiger partial charge is 0.409 e. The number of nitrogens with zero attached hydrogens (tertiary/aromatic N) is 2. The fourth-order valence-corrected chi connectivity index (χ4v) is 1.29. The standard InChI is InChI=1S/C11H16N4O2/c12-10(15-17)3-1-2-6-14-11(16)9-4-7-13-8-5-9/h4-5,7-8,17H,1-3,6H2,(H2,12,15)(H,14,16). The molecule has 17 heavy (non-hydrogen) atoms. The molecule has 0 bridgehead atoms. The molecule has 0 aliphatic heterocycles. The van der Waals surface area contributed by atoms with E-state index >= 15 is 0 Å². The van der Waals surface area contributed by atoms with E-state index in [1.54, 1.807) is 24.5 Å². The highest BCUT2D eigenvalue weighted by atomic mass is 16.4. The van der Waals surface area contributed by atoms with Gasteiger partial charge in [0.2, 0.25) is 0 Å². The Kier molecular flexibility index (Phi) is 5.50. The summed E-state index contributed by atoms with van der Waals surface area (Å²) in [7, 11) is 0. The highest BCUT2D eigenvalue weighted by molar-refractivity contribution is 5.93. The third-order valence-electron chi connectivity index (χ3n) is 2.22. The van der Waals surface area contributed by atoms with Crippen LogP contribution in [-0.4, -0.2) is 28.5 Å². The molecule has 6 nitrogen and oxygen atoms in total. The van der Waals surface area contributed by atoms with Crippen LogP contribution in [0, 0.1) is 0 Å². The molecule has 0 unspecified atom stereocenters. The second-order valence-electron chi connectivity index (χ2n) is 3.54. The predicted molar refractivity (Wildman–Crippen MR) is 63.8 cm³/mol. The summed E-state index contributed by atoms with van der Waals surface area (Å²) in [6, 6.07) is 3.32. The Morgan fingerprint density at radius 1 is 1.41 bits per heavy atom. The number of carbonyl (C=O) groups is 1. The first-order valence-corrected chi connectivity index (χ1v) is 5.38. The molecule has 1 amide bonds. The van der Waals surface area contributed by atoms with Crippen molar-refractivity contribution in [3.05, 3.63) is 30.1 Å². The Labute approximate surface area is 99.5 Å². The molecule has 1 rings (SSSR count). The zero-order valence-corrected chi connectivity index (χ0v) is 9.47. The molecule has 0 saturated heterocycles. The van der Waals surface area contributed by atoms with Gasteiger partial charge in [-0.3, -0.25) is 9.78 Å². The van der Waals surface area contributed by atoms with E-state index in [0.29, 0.717) is 18.5 Å². The monoisotopic (exact) mass is 236 g/mol. The number of oxime groups is 1. The maximum atomic E-state index is 11.6. The lowest BCUT2D eigenvalue weighted by Gasteiger charge is -2.04. The van der Waals surface area contributed by atoms with Crippen LogP contribution >= 0.6 is 0 Å². The van der Waals surface area contributed by atoms with Crippen LogP contribution in [0.25, 0.3) is 0 Å². The van der Waals surface area contributed by atoms with E-state index in [2.05, 4.69) is 15.5 Å². The Morgan fingerprint density at radius 3 is 2.76 bits per heavy atom. The number of hydrogen-bond acceptors (Lipinski definition) is 4. The molecule has 0 spiro atoms. The van der Waals surface area contributed by atoms with Crippen molar-refractivity contribution in [2.75, 3.05) is 6.54 Å². The molecular weight excluding hydrogens is 220 g/mol. The van der Waals surface area contributed by atoms with E-state index in [-0.39, 0.29) is 11.7 Å². The highest BCUT2D eigenvalue weighted by Gasteiger charge is 2.03. The van der Waals surface area contributed by atoms with Gasteiger partial charge >= 0.3 is 0 Å². The summed E-state index contributed by atoms with van der Waals surface area (Å²) < 4.78 is 0. The fraction of sp³-hybridized carbons (Fsp3) is 0.364. The van der Waals surface area contributed by atoms with E-state index in [9.17, 15) is 4.79 Å². The summed E-state index contributed by atoms with van der Waals surface area (Å²) in [4.78, 5) is 15.4. The lowest BCUT2D eigenvalue weighted by atomic mass is 10.2. The van der Waals surface area contributed by atoms with Gasteiger partial charge < -0.3 is 16.3 Å². The predicted octanol–water partition coefficient (Wildman–Crippen LogP) is 0.728. The summed E-state index contributed by atoms with van der Waals surface area (Å²) >= 11 is 0. The molecule has 1 heterocycles. The first-order chi connectivity index (χ1) is 8.24. The van der Waals surface area contributed by atoms with Crippen molar-refractivity contribution in [3.63, 3.8) is 0 Å². The normalized spacial score (nSPS) is 11.2. The molecule has 1 aromatic rings. The zero-order valence-electron chi connectivity index (χ0n) is 9.47. The van der Waals surface area contributed by atoms with Crippen LogP contribution in [0.5, 0.6) is 0 Å². The first-order valence-electron chi connectivity index (χ1n) is 5.38. The molecule has 0 saturated carbocycles. The number of aromatic nitrogens is 1. The van der Waals surface area contributed by atoms with Gasteiger partial charge in [0.05, 0.1) is 0 Å². The van der Waals surface area contributed by atoms with Crippen molar-refractivity contribution in [1.29, 1.82) is 0 Å². The number of nitrogens with one attached hydrogen (secondary N) is 1. The van der Waals surface area contributed by atoms with Gasteiger partial charge in [-0.15, -0.1) is 0 Å². The van der Waals surface area contributed by atoms with E-state index < -0.39 is 0 Å². The average Bonchev–Trinajstić information content (AvgIpc) is 2.38. The third-order valence-corrected chi connectivity index (χ3v) is 2.22. The molecule has 0 fully saturated rings. The Bertz CT molecular complexity index is 378. The number of amides is 1. The van der Waals surface area contributed by atoms with Crippen LogP contribution in [0.2, 0.25) is 0 Å². The number of pyridine rings is 1. The van der Waals surface area contributed by atoms with E-state index in [0.717, 1.165) is 12.8 Å². The van der Waals surface area contributed by atoms with Crippen molar-refractivity contribution < 1.29 is 10.0 Å². The van der Waals surface area contributed by atoms with Crippen molar-refractivity contribution in [3.8, 4) is 0 Å².